The summed E-state index contributed by atoms with van der Waals surface area (Å²) in [4.78, 5) is 33.3. The van der Waals surface area contributed by atoms with Crippen LogP contribution in [0.3, 0.4) is 0 Å². The first kappa shape index (κ1) is 38.3. The van der Waals surface area contributed by atoms with Gasteiger partial charge in [-0.2, -0.15) is 26.3 Å². The number of hydrogen-bond acceptors (Lipinski definition) is 6. The first-order valence-electron chi connectivity index (χ1n) is 17.0. The molecule has 3 aromatic carbocycles. The molecule has 1 unspecified atom stereocenters. The van der Waals surface area contributed by atoms with E-state index in [9.17, 15) is 49.8 Å². The number of carboxylic acids is 1. The number of carbonyl (C=O) groups excluding carboxylic acids is 1. The van der Waals surface area contributed by atoms with Gasteiger partial charge in [0.1, 0.15) is 11.5 Å². The molecule has 2 aliphatic rings. The average Bonchev–Trinajstić information content (AvgIpc) is 3.11. The molecule has 0 aliphatic carbocycles. The largest absolute Gasteiger partial charge is 0.480 e. The number of rotatable bonds is 10. The predicted octanol–water partition coefficient (Wildman–Crippen LogP) is 6.84. The molecule has 16 heteroatoms. The molecule has 6 rings (SSSR count). The van der Waals surface area contributed by atoms with Gasteiger partial charge in [-0.3, -0.25) is 19.6 Å². The molecular formula is C37H36F8N4O4. The van der Waals surface area contributed by atoms with E-state index in [4.69, 9.17) is 9.72 Å². The molecule has 53 heavy (non-hydrogen) atoms. The van der Waals surface area contributed by atoms with Gasteiger partial charge in [-0.15, -0.1) is 0 Å². The maximum atomic E-state index is 14.4. The molecule has 2 aliphatic heterocycles. The first-order chi connectivity index (χ1) is 25.1. The quantitative estimate of drug-likeness (QED) is 0.172. The summed E-state index contributed by atoms with van der Waals surface area (Å²) >= 11 is 0. The van der Waals surface area contributed by atoms with E-state index in [-0.39, 0.29) is 26.1 Å². The number of morpholine rings is 1. The number of alkyl halides is 8. The third kappa shape index (κ3) is 8.09. The monoisotopic (exact) mass is 752 g/mol. The molecule has 3 heterocycles. The number of aromatic nitrogens is 1. The Morgan fingerprint density at radius 2 is 1.51 bits per heavy atom. The number of amides is 1. The minimum absolute atomic E-state index is 0.0656. The fourth-order valence-corrected chi connectivity index (χ4v) is 7.30. The van der Waals surface area contributed by atoms with Crippen LogP contribution in [0.5, 0.6) is 0 Å². The Balaban J connectivity index is 1.28. The summed E-state index contributed by atoms with van der Waals surface area (Å²) in [5.41, 5.74) is -0.595. The van der Waals surface area contributed by atoms with E-state index in [1.54, 1.807) is 53.6 Å². The second-order valence-corrected chi connectivity index (χ2v) is 13.5. The number of halogens is 8. The molecule has 284 valence electrons. The fraction of sp³-hybridized carbons (Fsp3) is 0.432. The van der Waals surface area contributed by atoms with E-state index >= 15 is 0 Å². The van der Waals surface area contributed by atoms with Crippen LogP contribution < -0.4 is 5.32 Å². The molecule has 2 N–H and O–H groups in total. The second-order valence-electron chi connectivity index (χ2n) is 13.5. The summed E-state index contributed by atoms with van der Waals surface area (Å²) in [5, 5.41) is 14.9. The number of hydrogen-bond donors (Lipinski definition) is 2. The lowest BCUT2D eigenvalue weighted by atomic mass is 9.76. The van der Waals surface area contributed by atoms with Gasteiger partial charge < -0.3 is 15.2 Å². The van der Waals surface area contributed by atoms with Gasteiger partial charge >= 0.3 is 18.3 Å². The van der Waals surface area contributed by atoms with E-state index < -0.39 is 80.7 Å². The zero-order valence-corrected chi connectivity index (χ0v) is 28.2. The molecule has 2 fully saturated rings. The lowest BCUT2D eigenvalue weighted by molar-refractivity contribution is -0.237. The van der Waals surface area contributed by atoms with Crippen LogP contribution >= 0.6 is 0 Å². The number of nitrogens with zero attached hydrogens (tertiary/aromatic N) is 3. The fourth-order valence-electron chi connectivity index (χ4n) is 7.30. The van der Waals surface area contributed by atoms with Crippen molar-refractivity contribution in [3.05, 3.63) is 78.0 Å². The van der Waals surface area contributed by atoms with E-state index in [1.807, 2.05) is 18.2 Å². The zero-order valence-electron chi connectivity index (χ0n) is 28.2. The molecule has 4 aromatic rings. The lowest BCUT2D eigenvalue weighted by Crippen LogP contribution is -2.59. The van der Waals surface area contributed by atoms with Gasteiger partial charge in [-0.25, -0.2) is 13.6 Å². The van der Waals surface area contributed by atoms with Gasteiger partial charge in [0.05, 0.1) is 18.8 Å². The maximum Gasteiger partial charge on any atom is 0.415 e. The number of carboxylic acid groups (broad SMARTS) is 1. The van der Waals surface area contributed by atoms with Crippen molar-refractivity contribution in [3.8, 4) is 11.3 Å². The molecule has 0 radical (unpaired) electrons. The number of benzene rings is 3. The lowest BCUT2D eigenvalue weighted by Gasteiger charge is -2.41. The highest BCUT2D eigenvalue weighted by atomic mass is 19.4. The molecule has 1 amide bonds. The predicted molar refractivity (Wildman–Crippen MR) is 179 cm³/mol. The number of pyridine rings is 1. The molecule has 2 atom stereocenters. The van der Waals surface area contributed by atoms with Crippen molar-refractivity contribution in [1.82, 2.24) is 20.1 Å². The maximum absolute atomic E-state index is 14.4. The smallest absolute Gasteiger partial charge is 0.415 e. The van der Waals surface area contributed by atoms with Crippen molar-refractivity contribution in [2.75, 3.05) is 39.3 Å². The van der Waals surface area contributed by atoms with E-state index in [1.165, 1.54) is 0 Å². The van der Waals surface area contributed by atoms with Gasteiger partial charge in [-0.1, -0.05) is 60.7 Å². The van der Waals surface area contributed by atoms with E-state index in [0.29, 0.717) is 39.7 Å². The Hall–Kier alpha value is -4.41. The zero-order chi connectivity index (χ0) is 38.1. The van der Waals surface area contributed by atoms with Gasteiger partial charge in [0.2, 0.25) is 5.91 Å². The van der Waals surface area contributed by atoms with Crippen molar-refractivity contribution in [2.24, 2.45) is 5.41 Å². The van der Waals surface area contributed by atoms with Crippen molar-refractivity contribution in [1.29, 1.82) is 0 Å². The molecule has 0 bridgehead atoms. The Morgan fingerprint density at radius 3 is 2.17 bits per heavy atom. The van der Waals surface area contributed by atoms with Crippen LogP contribution in [0.15, 0.2) is 66.9 Å². The number of piperidine rings is 1. The highest BCUT2D eigenvalue weighted by Gasteiger charge is 2.61. The Kier molecular flexibility index (Phi) is 10.9. The minimum atomic E-state index is -5.05. The van der Waals surface area contributed by atoms with Crippen LogP contribution in [0.2, 0.25) is 0 Å². The average molecular weight is 753 g/mol. The Morgan fingerprint density at radius 1 is 0.868 bits per heavy atom. The van der Waals surface area contributed by atoms with Crippen LogP contribution in [-0.2, 0) is 27.3 Å². The summed E-state index contributed by atoms with van der Waals surface area (Å²) in [6, 6.07) is 15.9. The number of likely N-dealkylation sites (tertiary alicyclic amines) is 1. The Bertz CT molecular complexity index is 1960. The minimum Gasteiger partial charge on any atom is -0.480 e. The van der Waals surface area contributed by atoms with Crippen LogP contribution in [0.4, 0.5) is 35.1 Å². The van der Waals surface area contributed by atoms with E-state index in [2.05, 4.69) is 5.32 Å². The van der Waals surface area contributed by atoms with Crippen LogP contribution in [0.25, 0.3) is 32.8 Å². The second kappa shape index (κ2) is 15.1. The highest BCUT2D eigenvalue weighted by molar-refractivity contribution is 6.05. The van der Waals surface area contributed by atoms with Gasteiger partial charge in [0.15, 0.2) is 6.10 Å². The third-order valence-electron chi connectivity index (χ3n) is 10.2. The number of fused-ring (bicyclic) bond motifs is 2. The van der Waals surface area contributed by atoms with Gasteiger partial charge in [-0.05, 0) is 53.2 Å². The molecule has 0 spiro atoms. The SMILES string of the molecule is O=C(O)[C@H](Cc1cccc2c(-c3ncc(CN4CCOC(C(F)(F)F)C4)c4ccccc34)cccc12)NC(=O)C1(C(F)(F)F)CCN(CC(F)F)CC1. The number of nitrogens with one attached hydrogen (secondary N) is 1. The number of ether oxygens (including phenoxy) is 1. The van der Waals surface area contributed by atoms with Crippen LogP contribution in [0, 0.1) is 5.41 Å². The molecule has 0 saturated carbocycles. The molecular weight excluding hydrogens is 716 g/mol. The van der Waals surface area contributed by atoms with Gasteiger partial charge in [0, 0.05) is 43.2 Å². The van der Waals surface area contributed by atoms with Crippen molar-refractivity contribution < 1.29 is 54.6 Å². The molecule has 8 nitrogen and oxygen atoms in total. The topological polar surface area (TPSA) is 95.0 Å². The summed E-state index contributed by atoms with van der Waals surface area (Å²) < 4.78 is 114. The Labute approximate surface area is 298 Å². The molecule has 2 saturated heterocycles. The highest BCUT2D eigenvalue weighted by Crippen LogP contribution is 2.47. The van der Waals surface area contributed by atoms with Crippen LogP contribution in [-0.4, -0.2) is 102 Å². The standard InChI is InChI=1S/C37H36F8N4O4/c38-31(39)21-48-13-11-35(12-14-48,37(43,44)45)34(52)47-29(33(50)51)17-22-5-3-9-26-24(22)8-4-10-28(26)32-27-7-2-1-6-25(27)23(18-46-32)19-49-15-16-53-30(20-49)36(40,41)42/h1-10,18,29-31H,11-17,19-21H2,(H,47,52)(H,50,51)/t29-,30?/m0/s1. The van der Waals surface area contributed by atoms with E-state index in [0.717, 1.165) is 15.7 Å². The molecule has 1 aromatic heterocycles. The summed E-state index contributed by atoms with van der Waals surface area (Å²) in [6.45, 7) is -1.41. The number of carbonyl (C=O) groups is 2. The first-order valence-corrected chi connectivity index (χ1v) is 17.0. The normalized spacial score (nSPS) is 19.5. The summed E-state index contributed by atoms with van der Waals surface area (Å²) in [5.74, 6) is -3.07. The van der Waals surface area contributed by atoms with Gasteiger partial charge in [0.25, 0.3) is 6.43 Å². The van der Waals surface area contributed by atoms with Crippen molar-refractivity contribution >= 4 is 33.4 Å². The van der Waals surface area contributed by atoms with Crippen molar-refractivity contribution in [3.63, 3.8) is 0 Å². The summed E-state index contributed by atoms with van der Waals surface area (Å²) in [6.07, 6.45) is -14.5. The van der Waals surface area contributed by atoms with Crippen LogP contribution in [0.1, 0.15) is 24.0 Å². The van der Waals surface area contributed by atoms with Crippen molar-refractivity contribution in [2.45, 2.75) is 56.7 Å². The number of aliphatic carboxylic acids is 1. The third-order valence-corrected chi connectivity index (χ3v) is 10.2. The summed E-state index contributed by atoms with van der Waals surface area (Å²) in [7, 11) is 0.